The molecule has 3 N–H and O–H groups in total. The van der Waals surface area contributed by atoms with Crippen molar-refractivity contribution >= 4 is 17.6 Å². The molecule has 0 fully saturated rings. The van der Waals surface area contributed by atoms with Gasteiger partial charge >= 0.3 is 0 Å². The topological polar surface area (TPSA) is 67.1 Å². The third-order valence-electron chi connectivity index (χ3n) is 2.57. The Morgan fingerprint density at radius 2 is 1.94 bits per heavy atom. The zero-order valence-corrected chi connectivity index (χ0v) is 12.1. The second kappa shape index (κ2) is 6.42. The van der Waals surface area contributed by atoms with E-state index in [-0.39, 0.29) is 0 Å². The Morgan fingerprint density at radius 1 is 1.28 bits per heavy atom. The van der Waals surface area contributed by atoms with Gasteiger partial charge in [-0.3, -0.25) is 0 Å². The van der Waals surface area contributed by atoms with E-state index in [4.69, 9.17) is 5.73 Å². The lowest BCUT2D eigenvalue weighted by molar-refractivity contribution is 0.566. The van der Waals surface area contributed by atoms with Crippen LogP contribution in [0, 0.1) is 5.92 Å². The Bertz CT molecular complexity index is 376. The maximum atomic E-state index is 5.77. The molecule has 0 bridgehead atoms. The van der Waals surface area contributed by atoms with Crippen LogP contribution in [0.25, 0.3) is 0 Å². The van der Waals surface area contributed by atoms with Crippen molar-refractivity contribution in [2.75, 3.05) is 29.0 Å². The Labute approximate surface area is 110 Å². The molecule has 0 saturated heterocycles. The summed E-state index contributed by atoms with van der Waals surface area (Å²) in [5.41, 5.74) is 5.77. The first-order valence-corrected chi connectivity index (χ1v) is 6.59. The van der Waals surface area contributed by atoms with Crippen LogP contribution in [0.4, 0.5) is 17.6 Å². The highest BCUT2D eigenvalue weighted by Gasteiger charge is 2.15. The number of anilines is 3. The third kappa shape index (κ3) is 4.05. The van der Waals surface area contributed by atoms with Crippen molar-refractivity contribution < 1.29 is 0 Å². The molecule has 0 aliphatic rings. The number of hydrogen-bond donors (Lipinski definition) is 2. The molecule has 0 spiro atoms. The summed E-state index contributed by atoms with van der Waals surface area (Å²) < 4.78 is 0. The van der Waals surface area contributed by atoms with Crippen molar-refractivity contribution in [2.24, 2.45) is 5.92 Å². The minimum Gasteiger partial charge on any atom is -0.370 e. The molecule has 5 nitrogen and oxygen atoms in total. The molecule has 0 saturated carbocycles. The normalized spacial score (nSPS) is 11.1. The van der Waals surface area contributed by atoms with Gasteiger partial charge in [0, 0.05) is 25.2 Å². The average Bonchev–Trinajstić information content (AvgIpc) is 2.24. The molecule has 0 aliphatic carbocycles. The Hall–Kier alpha value is -1.52. The highest BCUT2D eigenvalue weighted by Crippen LogP contribution is 2.20. The van der Waals surface area contributed by atoms with Gasteiger partial charge in [-0.2, -0.15) is 9.97 Å². The smallest absolute Gasteiger partial charge is 0.223 e. The second-order valence-corrected chi connectivity index (χ2v) is 5.14. The highest BCUT2D eigenvalue weighted by molar-refractivity contribution is 5.53. The Balaban J connectivity index is 3.03. The molecule has 18 heavy (non-hydrogen) atoms. The van der Waals surface area contributed by atoms with Crippen LogP contribution in [0.1, 0.15) is 34.6 Å². The molecule has 102 valence electrons. The van der Waals surface area contributed by atoms with Crippen molar-refractivity contribution in [3.05, 3.63) is 6.07 Å². The molecular weight excluding hydrogens is 226 g/mol. The lowest BCUT2D eigenvalue weighted by atomic mass is 10.2. The largest absolute Gasteiger partial charge is 0.370 e. The molecule has 0 unspecified atom stereocenters. The van der Waals surface area contributed by atoms with E-state index in [9.17, 15) is 0 Å². The van der Waals surface area contributed by atoms with Gasteiger partial charge in [-0.15, -0.1) is 0 Å². The monoisotopic (exact) mass is 251 g/mol. The van der Waals surface area contributed by atoms with E-state index in [0.717, 1.165) is 24.7 Å². The molecule has 1 aromatic heterocycles. The van der Waals surface area contributed by atoms with Crippen LogP contribution in [0.3, 0.4) is 0 Å². The van der Waals surface area contributed by atoms with Crippen LogP contribution < -0.4 is 16.0 Å². The molecule has 0 atom stereocenters. The van der Waals surface area contributed by atoms with Gasteiger partial charge in [-0.05, 0) is 26.7 Å². The van der Waals surface area contributed by atoms with E-state index >= 15 is 0 Å². The molecule has 0 aliphatic heterocycles. The van der Waals surface area contributed by atoms with E-state index in [1.165, 1.54) is 0 Å². The maximum absolute atomic E-state index is 5.77. The summed E-state index contributed by atoms with van der Waals surface area (Å²) in [6.45, 7) is 12.5. The summed E-state index contributed by atoms with van der Waals surface area (Å²) in [6.07, 6.45) is 0. The fraction of sp³-hybridized carbons (Fsp3) is 0.692. The SMILES string of the molecule is CCNc1cc(N(CC(C)C)C(C)C)nc(N)n1. The van der Waals surface area contributed by atoms with Crippen molar-refractivity contribution in [1.82, 2.24) is 9.97 Å². The van der Waals surface area contributed by atoms with Crippen LogP contribution in [-0.4, -0.2) is 29.1 Å². The molecule has 0 amide bonds. The number of hydrogen-bond acceptors (Lipinski definition) is 5. The van der Waals surface area contributed by atoms with E-state index in [2.05, 4.69) is 47.9 Å². The van der Waals surface area contributed by atoms with Crippen molar-refractivity contribution in [3.63, 3.8) is 0 Å². The summed E-state index contributed by atoms with van der Waals surface area (Å²) in [5, 5.41) is 3.18. The average molecular weight is 251 g/mol. The quantitative estimate of drug-likeness (QED) is 0.812. The lowest BCUT2D eigenvalue weighted by Crippen LogP contribution is -2.35. The van der Waals surface area contributed by atoms with Gasteiger partial charge in [0.15, 0.2) is 0 Å². The number of nitrogens with zero attached hydrogens (tertiary/aromatic N) is 3. The molecule has 1 rings (SSSR count). The number of nitrogen functional groups attached to an aromatic ring is 1. The van der Waals surface area contributed by atoms with Gasteiger partial charge in [-0.25, -0.2) is 0 Å². The van der Waals surface area contributed by atoms with E-state index in [1.807, 2.05) is 13.0 Å². The number of nitrogens with one attached hydrogen (secondary N) is 1. The number of nitrogens with two attached hydrogens (primary N) is 1. The molecule has 5 heteroatoms. The molecule has 0 aromatic carbocycles. The van der Waals surface area contributed by atoms with Gasteiger partial charge in [-0.1, -0.05) is 13.8 Å². The molecular formula is C13H25N5. The van der Waals surface area contributed by atoms with E-state index in [0.29, 0.717) is 17.9 Å². The summed E-state index contributed by atoms with van der Waals surface area (Å²) in [5.74, 6) is 2.57. The zero-order chi connectivity index (χ0) is 13.7. The molecule has 1 aromatic rings. The summed E-state index contributed by atoms with van der Waals surface area (Å²) >= 11 is 0. The number of aromatic nitrogens is 2. The van der Waals surface area contributed by atoms with Crippen LogP contribution in [0.15, 0.2) is 6.07 Å². The van der Waals surface area contributed by atoms with Crippen molar-refractivity contribution in [3.8, 4) is 0 Å². The van der Waals surface area contributed by atoms with Gasteiger partial charge in [0.1, 0.15) is 11.6 Å². The maximum Gasteiger partial charge on any atom is 0.223 e. The fourth-order valence-electron chi connectivity index (χ4n) is 1.83. The lowest BCUT2D eigenvalue weighted by Gasteiger charge is -2.29. The number of rotatable bonds is 6. The van der Waals surface area contributed by atoms with Crippen LogP contribution >= 0.6 is 0 Å². The van der Waals surface area contributed by atoms with E-state index in [1.54, 1.807) is 0 Å². The summed E-state index contributed by atoms with van der Waals surface area (Å²) in [6, 6.07) is 2.35. The van der Waals surface area contributed by atoms with Crippen LogP contribution in [0.2, 0.25) is 0 Å². The van der Waals surface area contributed by atoms with Crippen LogP contribution in [-0.2, 0) is 0 Å². The van der Waals surface area contributed by atoms with Gasteiger partial charge in [0.05, 0.1) is 0 Å². The fourth-order valence-corrected chi connectivity index (χ4v) is 1.83. The first-order valence-electron chi connectivity index (χ1n) is 6.59. The van der Waals surface area contributed by atoms with E-state index < -0.39 is 0 Å². The van der Waals surface area contributed by atoms with Gasteiger partial charge in [0.25, 0.3) is 0 Å². The third-order valence-corrected chi connectivity index (χ3v) is 2.57. The predicted molar refractivity (Wildman–Crippen MR) is 77.9 cm³/mol. The zero-order valence-electron chi connectivity index (χ0n) is 12.1. The summed E-state index contributed by atoms with van der Waals surface area (Å²) in [4.78, 5) is 10.8. The summed E-state index contributed by atoms with van der Waals surface area (Å²) in [7, 11) is 0. The van der Waals surface area contributed by atoms with Gasteiger partial charge < -0.3 is 16.0 Å². The van der Waals surface area contributed by atoms with Crippen molar-refractivity contribution in [1.29, 1.82) is 0 Å². The molecule has 1 heterocycles. The standard InChI is InChI=1S/C13H25N5/c1-6-15-11-7-12(17-13(14)16-11)18(10(4)5)8-9(2)3/h7,9-10H,6,8H2,1-5H3,(H3,14,15,16,17). The molecule has 0 radical (unpaired) electrons. The predicted octanol–water partition coefficient (Wildman–Crippen LogP) is 2.36. The highest BCUT2D eigenvalue weighted by atomic mass is 15.2. The minimum absolute atomic E-state index is 0.317. The first kappa shape index (κ1) is 14.5. The first-order chi connectivity index (χ1) is 8.43. The Morgan fingerprint density at radius 3 is 2.44 bits per heavy atom. The Kier molecular flexibility index (Phi) is 5.19. The van der Waals surface area contributed by atoms with Gasteiger partial charge in [0.2, 0.25) is 5.95 Å². The van der Waals surface area contributed by atoms with Crippen molar-refractivity contribution in [2.45, 2.75) is 40.7 Å². The minimum atomic E-state index is 0.317. The second-order valence-electron chi connectivity index (χ2n) is 5.14. The van der Waals surface area contributed by atoms with Crippen LogP contribution in [0.5, 0.6) is 0 Å².